The minimum atomic E-state index is -0.191. The average molecular weight is 207 g/mol. The summed E-state index contributed by atoms with van der Waals surface area (Å²) in [6.45, 7) is 0.637. The molecule has 0 aromatic carbocycles. The van der Waals surface area contributed by atoms with Crippen LogP contribution in [0.3, 0.4) is 0 Å². The van der Waals surface area contributed by atoms with Crippen molar-refractivity contribution < 1.29 is 0 Å². The Morgan fingerprint density at radius 3 is 3.21 bits per heavy atom. The molecule has 2 rings (SSSR count). The number of aromatic amines is 1. The predicted octanol–water partition coefficient (Wildman–Crippen LogP) is 1.44. The number of hydrogen-bond donors (Lipinski definition) is 2. The number of H-pyrrole nitrogens is 1. The first kappa shape index (κ1) is 8.96. The van der Waals surface area contributed by atoms with Gasteiger partial charge < -0.3 is 10.3 Å². The SMILES string of the molecule is O=c1[nH]ccnc1NCc1cccs1. The minimum Gasteiger partial charge on any atom is -0.361 e. The van der Waals surface area contributed by atoms with Crippen LogP contribution in [0.1, 0.15) is 4.88 Å². The molecule has 0 aliphatic heterocycles. The van der Waals surface area contributed by atoms with Gasteiger partial charge in [-0.15, -0.1) is 11.3 Å². The second-order valence-electron chi connectivity index (χ2n) is 2.70. The molecule has 0 atom stereocenters. The van der Waals surface area contributed by atoms with Crippen molar-refractivity contribution in [3.8, 4) is 0 Å². The molecule has 14 heavy (non-hydrogen) atoms. The van der Waals surface area contributed by atoms with Crippen molar-refractivity contribution >= 4 is 17.2 Å². The third-order valence-corrected chi connectivity index (χ3v) is 2.59. The Hall–Kier alpha value is -1.62. The van der Waals surface area contributed by atoms with E-state index in [4.69, 9.17) is 0 Å². The molecule has 0 saturated heterocycles. The zero-order valence-electron chi connectivity index (χ0n) is 7.36. The van der Waals surface area contributed by atoms with Crippen LogP contribution in [0.25, 0.3) is 0 Å². The van der Waals surface area contributed by atoms with E-state index in [9.17, 15) is 4.79 Å². The zero-order chi connectivity index (χ0) is 9.80. The van der Waals surface area contributed by atoms with E-state index in [0.717, 1.165) is 0 Å². The molecule has 2 aromatic heterocycles. The molecule has 0 aliphatic rings. The fourth-order valence-corrected chi connectivity index (χ4v) is 1.71. The lowest BCUT2D eigenvalue weighted by Crippen LogP contribution is -2.14. The predicted molar refractivity (Wildman–Crippen MR) is 56.5 cm³/mol. The van der Waals surface area contributed by atoms with Gasteiger partial charge in [-0.05, 0) is 11.4 Å². The largest absolute Gasteiger partial charge is 0.361 e. The summed E-state index contributed by atoms with van der Waals surface area (Å²) in [6.07, 6.45) is 3.07. The van der Waals surface area contributed by atoms with Crippen molar-refractivity contribution in [3.63, 3.8) is 0 Å². The van der Waals surface area contributed by atoms with E-state index >= 15 is 0 Å². The Labute approximate surface area is 84.6 Å². The highest BCUT2D eigenvalue weighted by Crippen LogP contribution is 2.09. The Morgan fingerprint density at radius 1 is 1.57 bits per heavy atom. The van der Waals surface area contributed by atoms with Crippen LogP contribution in [0.2, 0.25) is 0 Å². The summed E-state index contributed by atoms with van der Waals surface area (Å²) in [6, 6.07) is 3.99. The molecule has 2 N–H and O–H groups in total. The van der Waals surface area contributed by atoms with Gasteiger partial charge in [0.05, 0.1) is 6.54 Å². The molecule has 72 valence electrons. The average Bonchev–Trinajstić information content (AvgIpc) is 2.69. The van der Waals surface area contributed by atoms with Crippen LogP contribution in [-0.2, 0) is 6.54 Å². The van der Waals surface area contributed by atoms with Gasteiger partial charge in [-0.3, -0.25) is 4.79 Å². The van der Waals surface area contributed by atoms with Gasteiger partial charge in [-0.2, -0.15) is 0 Å². The van der Waals surface area contributed by atoms with E-state index in [2.05, 4.69) is 15.3 Å². The Kier molecular flexibility index (Phi) is 2.60. The van der Waals surface area contributed by atoms with Crippen LogP contribution in [0.5, 0.6) is 0 Å². The van der Waals surface area contributed by atoms with Gasteiger partial charge in [0.25, 0.3) is 5.56 Å². The van der Waals surface area contributed by atoms with Crippen LogP contribution in [-0.4, -0.2) is 9.97 Å². The summed E-state index contributed by atoms with van der Waals surface area (Å²) in [5, 5.41) is 4.97. The standard InChI is InChI=1S/C9H9N3OS/c13-9-8(10-3-4-11-9)12-6-7-2-1-5-14-7/h1-5H,6H2,(H,10,12)(H,11,13). The van der Waals surface area contributed by atoms with Gasteiger partial charge >= 0.3 is 0 Å². The van der Waals surface area contributed by atoms with E-state index in [1.165, 1.54) is 11.1 Å². The van der Waals surface area contributed by atoms with E-state index in [1.54, 1.807) is 17.5 Å². The number of thiophene rings is 1. The normalized spacial score (nSPS) is 10.0. The maximum atomic E-state index is 11.2. The molecule has 0 bridgehead atoms. The van der Waals surface area contributed by atoms with Crippen LogP contribution in [0, 0.1) is 0 Å². The van der Waals surface area contributed by atoms with E-state index in [-0.39, 0.29) is 5.56 Å². The second-order valence-corrected chi connectivity index (χ2v) is 3.73. The molecule has 2 aromatic rings. The van der Waals surface area contributed by atoms with Crippen LogP contribution in [0.15, 0.2) is 34.7 Å². The molecule has 5 heteroatoms. The highest BCUT2D eigenvalue weighted by Gasteiger charge is 1.98. The summed E-state index contributed by atoms with van der Waals surface area (Å²) in [5.41, 5.74) is -0.191. The van der Waals surface area contributed by atoms with Crippen LogP contribution in [0.4, 0.5) is 5.82 Å². The van der Waals surface area contributed by atoms with Gasteiger partial charge in [0.15, 0.2) is 5.82 Å². The first-order valence-corrected chi connectivity index (χ1v) is 5.04. The van der Waals surface area contributed by atoms with Crippen molar-refractivity contribution in [2.45, 2.75) is 6.54 Å². The molecule has 0 unspecified atom stereocenters. The first-order chi connectivity index (χ1) is 6.86. The molecule has 2 heterocycles. The van der Waals surface area contributed by atoms with Crippen molar-refractivity contribution in [2.75, 3.05) is 5.32 Å². The second kappa shape index (κ2) is 4.06. The van der Waals surface area contributed by atoms with Gasteiger partial charge in [0.2, 0.25) is 0 Å². The van der Waals surface area contributed by atoms with Gasteiger partial charge in [-0.1, -0.05) is 6.07 Å². The Bertz CT molecular complexity index is 449. The fourth-order valence-electron chi connectivity index (χ4n) is 1.06. The third kappa shape index (κ3) is 2.00. The summed E-state index contributed by atoms with van der Waals surface area (Å²) in [5.74, 6) is 0.362. The minimum absolute atomic E-state index is 0.191. The van der Waals surface area contributed by atoms with Crippen molar-refractivity contribution in [3.05, 3.63) is 45.1 Å². The molecule has 0 fully saturated rings. The summed E-state index contributed by atoms with van der Waals surface area (Å²) in [7, 11) is 0. The van der Waals surface area contributed by atoms with Crippen molar-refractivity contribution in [1.82, 2.24) is 9.97 Å². The van der Waals surface area contributed by atoms with E-state index in [0.29, 0.717) is 12.4 Å². The highest BCUT2D eigenvalue weighted by atomic mass is 32.1. The topological polar surface area (TPSA) is 57.8 Å². The van der Waals surface area contributed by atoms with Gasteiger partial charge in [0, 0.05) is 17.3 Å². The Morgan fingerprint density at radius 2 is 2.50 bits per heavy atom. The number of nitrogens with one attached hydrogen (secondary N) is 2. The monoisotopic (exact) mass is 207 g/mol. The fraction of sp³-hybridized carbons (Fsp3) is 0.111. The summed E-state index contributed by atoms with van der Waals surface area (Å²) >= 11 is 1.65. The lowest BCUT2D eigenvalue weighted by atomic mass is 10.4. The lowest BCUT2D eigenvalue weighted by molar-refractivity contribution is 1.07. The number of hydrogen-bond acceptors (Lipinski definition) is 4. The molecule has 0 radical (unpaired) electrons. The number of rotatable bonds is 3. The lowest BCUT2D eigenvalue weighted by Gasteiger charge is -2.00. The first-order valence-electron chi connectivity index (χ1n) is 4.16. The van der Waals surface area contributed by atoms with Crippen LogP contribution >= 0.6 is 11.3 Å². The smallest absolute Gasteiger partial charge is 0.290 e. The van der Waals surface area contributed by atoms with E-state index < -0.39 is 0 Å². The number of nitrogens with zero attached hydrogens (tertiary/aromatic N) is 1. The zero-order valence-corrected chi connectivity index (χ0v) is 8.17. The molecule has 0 amide bonds. The molecule has 0 aliphatic carbocycles. The van der Waals surface area contributed by atoms with E-state index in [1.807, 2.05) is 17.5 Å². The van der Waals surface area contributed by atoms with Crippen molar-refractivity contribution in [1.29, 1.82) is 0 Å². The highest BCUT2D eigenvalue weighted by molar-refractivity contribution is 7.09. The molecular formula is C9H9N3OS. The summed E-state index contributed by atoms with van der Waals surface area (Å²) < 4.78 is 0. The summed E-state index contributed by atoms with van der Waals surface area (Å²) in [4.78, 5) is 18.9. The number of anilines is 1. The molecule has 0 spiro atoms. The van der Waals surface area contributed by atoms with Crippen LogP contribution < -0.4 is 10.9 Å². The van der Waals surface area contributed by atoms with Gasteiger partial charge in [0.1, 0.15) is 0 Å². The maximum Gasteiger partial charge on any atom is 0.290 e. The number of aromatic nitrogens is 2. The van der Waals surface area contributed by atoms with Crippen molar-refractivity contribution in [2.24, 2.45) is 0 Å². The molecule has 4 nitrogen and oxygen atoms in total. The molecule has 0 saturated carbocycles. The third-order valence-electron chi connectivity index (χ3n) is 1.72. The van der Waals surface area contributed by atoms with Gasteiger partial charge in [-0.25, -0.2) is 4.98 Å². The maximum absolute atomic E-state index is 11.2. The quantitative estimate of drug-likeness (QED) is 0.800. The Balaban J connectivity index is 2.06. The molecular weight excluding hydrogens is 198 g/mol.